The number of esters is 1. The smallest absolute Gasteiger partial charge is 0.329 e. The molecule has 6 aliphatic rings. The van der Waals surface area contributed by atoms with Crippen molar-refractivity contribution in [3.63, 3.8) is 0 Å². The molecule has 0 spiro atoms. The molecule has 4 N–H and O–H groups in total. The molecule has 8 atom stereocenters. The van der Waals surface area contributed by atoms with Crippen LogP contribution in [0.4, 0.5) is 0 Å². The number of carbonyl (C=O) groups is 3. The number of ether oxygens (including phenoxy) is 3. The van der Waals surface area contributed by atoms with E-state index in [0.717, 1.165) is 22.3 Å². The molecule has 0 aromatic heterocycles. The van der Waals surface area contributed by atoms with Gasteiger partial charge in [0.05, 0.1) is 23.4 Å². The van der Waals surface area contributed by atoms with Crippen molar-refractivity contribution < 1.29 is 38.8 Å². The van der Waals surface area contributed by atoms with Crippen LogP contribution in [-0.4, -0.2) is 94.2 Å². The molecule has 8 rings (SSSR count). The van der Waals surface area contributed by atoms with Crippen molar-refractivity contribution in [1.82, 2.24) is 20.4 Å². The quantitative estimate of drug-likeness (QED) is 0.271. The van der Waals surface area contributed by atoms with Crippen molar-refractivity contribution in [2.24, 2.45) is 0 Å². The number of piperazine rings is 1. The number of amides is 2. The number of hydrogen-bond donors (Lipinski definition) is 4. The lowest BCUT2D eigenvalue weighted by molar-refractivity contribution is -0.152. The van der Waals surface area contributed by atoms with Crippen LogP contribution in [-0.2, 0) is 25.5 Å². The van der Waals surface area contributed by atoms with E-state index in [-0.39, 0.29) is 36.7 Å². The number of benzene rings is 2. The third-order valence-corrected chi connectivity index (χ3v) is 12.4. The van der Waals surface area contributed by atoms with Crippen LogP contribution in [0, 0.1) is 32.1 Å². The predicted octanol–water partition coefficient (Wildman–Crippen LogP) is 2.88. The number of hydrogen-bond acceptors (Lipinski definition) is 12. The van der Waals surface area contributed by atoms with Crippen LogP contribution >= 0.6 is 11.8 Å². The first-order chi connectivity index (χ1) is 23.9. The summed E-state index contributed by atoms with van der Waals surface area (Å²) in [6, 6.07) is 0.128. The molecule has 4 bridgehead atoms. The van der Waals surface area contributed by atoms with Crippen molar-refractivity contribution in [2.45, 2.75) is 88.6 Å². The Bertz CT molecular complexity index is 1880. The van der Waals surface area contributed by atoms with Gasteiger partial charge in [0.1, 0.15) is 36.2 Å². The van der Waals surface area contributed by atoms with Gasteiger partial charge in [-0.3, -0.25) is 19.4 Å². The molecule has 14 heteroatoms. The Morgan fingerprint density at radius 3 is 2.54 bits per heavy atom. The Labute approximate surface area is 294 Å². The number of nitrogens with one attached hydrogen (secondary N) is 2. The average Bonchev–Trinajstić information content (AvgIpc) is 3.57. The molecule has 2 aromatic rings. The van der Waals surface area contributed by atoms with E-state index in [1.54, 1.807) is 19.9 Å². The van der Waals surface area contributed by atoms with E-state index in [2.05, 4.69) is 32.6 Å². The van der Waals surface area contributed by atoms with Gasteiger partial charge in [0, 0.05) is 40.1 Å². The normalized spacial score (nSPS) is 28.9. The summed E-state index contributed by atoms with van der Waals surface area (Å²) in [5.41, 5.74) is 5.22. The zero-order valence-corrected chi connectivity index (χ0v) is 29.6. The van der Waals surface area contributed by atoms with Crippen LogP contribution in [0.2, 0.25) is 0 Å². The highest BCUT2D eigenvalue weighted by atomic mass is 32.2. The largest absolute Gasteiger partial charge is 0.507 e. The second-order valence-electron chi connectivity index (χ2n) is 13.7. The topological polar surface area (TPSA) is 174 Å². The summed E-state index contributed by atoms with van der Waals surface area (Å²) < 4.78 is 17.9. The lowest BCUT2D eigenvalue weighted by atomic mass is 9.71. The minimum Gasteiger partial charge on any atom is -0.507 e. The van der Waals surface area contributed by atoms with Crippen LogP contribution in [0.1, 0.15) is 70.1 Å². The van der Waals surface area contributed by atoms with Gasteiger partial charge in [-0.15, -0.1) is 11.8 Å². The Kier molecular flexibility index (Phi) is 8.64. The van der Waals surface area contributed by atoms with Crippen molar-refractivity contribution in [3.8, 4) is 29.1 Å². The number of rotatable bonds is 4. The third-order valence-electron chi connectivity index (χ3n) is 11.0. The maximum Gasteiger partial charge on any atom is 0.329 e. The zero-order chi connectivity index (χ0) is 35.8. The van der Waals surface area contributed by atoms with Crippen LogP contribution < -0.4 is 20.1 Å². The van der Waals surface area contributed by atoms with Crippen molar-refractivity contribution in [1.29, 1.82) is 5.26 Å². The highest BCUT2D eigenvalue weighted by Gasteiger charge is 2.60. The fourth-order valence-corrected chi connectivity index (χ4v) is 9.96. The van der Waals surface area contributed by atoms with Crippen molar-refractivity contribution in [2.75, 3.05) is 26.2 Å². The van der Waals surface area contributed by atoms with Gasteiger partial charge in [0.15, 0.2) is 11.5 Å². The third kappa shape index (κ3) is 5.08. The molecule has 6 heterocycles. The van der Waals surface area contributed by atoms with E-state index < -0.39 is 59.3 Å². The average molecular weight is 704 g/mol. The van der Waals surface area contributed by atoms with Gasteiger partial charge in [-0.1, -0.05) is 12.1 Å². The van der Waals surface area contributed by atoms with E-state index in [1.807, 2.05) is 20.9 Å². The summed E-state index contributed by atoms with van der Waals surface area (Å²) in [7, 11) is 1.98. The highest BCUT2D eigenvalue weighted by molar-refractivity contribution is 7.99. The van der Waals surface area contributed by atoms with Gasteiger partial charge in [0.25, 0.3) is 0 Å². The maximum absolute atomic E-state index is 13.7. The van der Waals surface area contributed by atoms with Crippen LogP contribution in [0.5, 0.6) is 23.0 Å². The van der Waals surface area contributed by atoms with Gasteiger partial charge < -0.3 is 35.1 Å². The number of allylic oxidation sites excluding steroid dienone is 1. The molecule has 2 unspecified atom stereocenters. The van der Waals surface area contributed by atoms with Crippen molar-refractivity contribution >= 4 is 29.5 Å². The number of likely N-dealkylation sites (N-methyl/N-ethyl adjacent to an activating group) is 1. The molecule has 6 aliphatic heterocycles. The molecule has 2 aromatic carbocycles. The zero-order valence-electron chi connectivity index (χ0n) is 28.8. The summed E-state index contributed by atoms with van der Waals surface area (Å²) in [4.78, 5) is 43.4. The van der Waals surface area contributed by atoms with E-state index >= 15 is 0 Å². The second kappa shape index (κ2) is 12.7. The predicted molar refractivity (Wildman–Crippen MR) is 183 cm³/mol. The first-order valence-electron chi connectivity index (χ1n) is 16.8. The number of fused-ring (bicyclic) bond motifs is 10. The van der Waals surface area contributed by atoms with Gasteiger partial charge in [-0.2, -0.15) is 5.26 Å². The number of aromatic hydroxyl groups is 2. The second-order valence-corrected chi connectivity index (χ2v) is 14.9. The van der Waals surface area contributed by atoms with Crippen LogP contribution in [0.3, 0.4) is 0 Å². The number of thioether (sulfide) groups is 1. The van der Waals surface area contributed by atoms with Gasteiger partial charge in [-0.25, -0.2) is 4.79 Å². The van der Waals surface area contributed by atoms with Gasteiger partial charge in [-0.05, 0) is 70.9 Å². The number of aryl methyl sites for hydroxylation is 1. The first kappa shape index (κ1) is 34.0. The molecule has 0 radical (unpaired) electrons. The Morgan fingerprint density at radius 2 is 1.82 bits per heavy atom. The van der Waals surface area contributed by atoms with E-state index in [4.69, 9.17) is 14.2 Å². The summed E-state index contributed by atoms with van der Waals surface area (Å²) in [5, 5.41) is 39.4. The molecule has 0 aliphatic carbocycles. The Morgan fingerprint density at radius 1 is 1.10 bits per heavy atom. The maximum atomic E-state index is 13.7. The minimum absolute atomic E-state index is 0.0258. The fourth-order valence-electron chi connectivity index (χ4n) is 8.45. The lowest BCUT2D eigenvalue weighted by Crippen LogP contribution is -2.69. The standard InChI is InChI=1S/C36H41N5O8S/c1-7-8-24(42)38-18(5)35(45)39-20-13-50-34-27-26(33-32(48-14-49-33)17(4)31(27)44)23(12-47-36(20)46)41-22(11-37)21-10-19-9-15(2)16(3)30(43)25(19)28(29(34)41)40(21)6/h7-9,18,20-23,28-29,34,43-44H,10,12-14H2,1-6H3,(H,38,42)(H,39,45)/b8-7+/t18?,20-,21-,22-,23+,28+,29?,34+/m0/s1. The van der Waals surface area contributed by atoms with E-state index in [1.165, 1.54) is 24.8 Å². The van der Waals surface area contributed by atoms with E-state index in [0.29, 0.717) is 34.6 Å². The SMILES string of the molecule is C/C=C/C(=O)NC(C)C(=O)N[C@H]1CS[C@@H]2c3c(O)c(C)c4c(c3[C@@H](COC1=O)N1C2[C@H]2c3c(cc(C)c(C)c3O)C[C@@H]([C@@H]1C#N)N2C)OCO4. The molecule has 2 amide bonds. The summed E-state index contributed by atoms with van der Waals surface area (Å²) in [5.74, 6) is -0.512. The minimum atomic E-state index is -1.08. The number of phenolic OH excluding ortho intramolecular Hbond substituents is 2. The number of phenols is 2. The van der Waals surface area contributed by atoms with Crippen LogP contribution in [0.15, 0.2) is 18.2 Å². The van der Waals surface area contributed by atoms with Crippen molar-refractivity contribution in [3.05, 3.63) is 57.2 Å². The lowest BCUT2D eigenvalue weighted by Gasteiger charge is -2.61. The van der Waals surface area contributed by atoms with Gasteiger partial charge in [0.2, 0.25) is 18.6 Å². The fraction of sp³-hybridized carbons (Fsp3) is 0.500. The first-order valence-corrected chi connectivity index (χ1v) is 17.8. The molecular formula is C36H41N5O8S. The molecule has 2 saturated heterocycles. The Balaban J connectivity index is 1.38. The molecular weight excluding hydrogens is 662 g/mol. The van der Waals surface area contributed by atoms with E-state index in [9.17, 15) is 29.9 Å². The van der Waals surface area contributed by atoms with Crippen LogP contribution in [0.25, 0.3) is 0 Å². The summed E-state index contributed by atoms with van der Waals surface area (Å²) in [6.45, 7) is 8.59. The molecule has 264 valence electrons. The number of nitrogens with zero attached hydrogens (tertiary/aromatic N) is 3. The number of nitriles is 1. The number of carbonyl (C=O) groups excluding carboxylic acids is 3. The molecule has 50 heavy (non-hydrogen) atoms. The highest BCUT2D eigenvalue weighted by Crippen LogP contribution is 2.63. The monoisotopic (exact) mass is 703 g/mol. The van der Waals surface area contributed by atoms with Gasteiger partial charge >= 0.3 is 5.97 Å². The molecule has 0 saturated carbocycles. The molecule has 13 nitrogen and oxygen atoms in total. The summed E-state index contributed by atoms with van der Waals surface area (Å²) >= 11 is 1.36. The molecule has 2 fully saturated rings. The summed E-state index contributed by atoms with van der Waals surface area (Å²) in [6.07, 6.45) is 3.40. The Hall–Kier alpha value is -4.45.